The summed E-state index contributed by atoms with van der Waals surface area (Å²) in [5.74, 6) is 1.25. The molecule has 2 heterocycles. The molecule has 210 valence electrons. The van der Waals surface area contributed by atoms with Crippen LogP contribution in [0.15, 0.2) is 21.9 Å². The van der Waals surface area contributed by atoms with Crippen molar-refractivity contribution in [2.75, 3.05) is 44.4 Å². The smallest absolute Gasteiger partial charge is 0.270 e. The van der Waals surface area contributed by atoms with E-state index in [1.165, 1.54) is 0 Å². The monoisotopic (exact) mass is 620 g/mol. The SMILES string of the molecule is CC(C)(C)NC[C@H](O)COc1nsnc1N1CCOCC1.NS(=O)(=O)c1cc(Cl)c(Cl)c(S(N)(=O)=O)c1. The van der Waals surface area contributed by atoms with Gasteiger partial charge in [-0.05, 0) is 32.9 Å². The lowest BCUT2D eigenvalue weighted by atomic mass is 10.1. The number of aliphatic hydroxyl groups is 1. The topological polar surface area (TPSA) is 200 Å². The molecule has 13 nitrogen and oxygen atoms in total. The second kappa shape index (κ2) is 13.1. The minimum absolute atomic E-state index is 0.0257. The van der Waals surface area contributed by atoms with E-state index in [-0.39, 0.29) is 22.2 Å². The van der Waals surface area contributed by atoms with Crippen LogP contribution in [0.3, 0.4) is 0 Å². The summed E-state index contributed by atoms with van der Waals surface area (Å²) >= 11 is 12.3. The van der Waals surface area contributed by atoms with E-state index in [0.29, 0.717) is 25.6 Å². The van der Waals surface area contributed by atoms with Crippen molar-refractivity contribution in [2.24, 2.45) is 10.3 Å². The van der Waals surface area contributed by atoms with Crippen LogP contribution in [0.25, 0.3) is 0 Å². The summed E-state index contributed by atoms with van der Waals surface area (Å²) in [6, 6.07) is 1.69. The number of aliphatic hydroxyl groups excluding tert-OH is 1. The largest absolute Gasteiger partial charge is 0.472 e. The Labute approximate surface area is 230 Å². The van der Waals surface area contributed by atoms with Crippen LogP contribution in [0, 0.1) is 0 Å². The second-order valence-electron chi connectivity index (χ2n) is 8.90. The number of morpholine rings is 1. The van der Waals surface area contributed by atoms with E-state index in [1.807, 2.05) is 0 Å². The van der Waals surface area contributed by atoms with Crippen LogP contribution < -0.4 is 25.2 Å². The molecule has 1 fully saturated rings. The first-order chi connectivity index (χ1) is 17.0. The fraction of sp³-hybridized carbons (Fsp3) is 0.579. The van der Waals surface area contributed by atoms with Gasteiger partial charge in [0, 0.05) is 25.2 Å². The van der Waals surface area contributed by atoms with Gasteiger partial charge in [-0.3, -0.25) is 0 Å². The Balaban J connectivity index is 0.000000271. The number of rotatable bonds is 8. The summed E-state index contributed by atoms with van der Waals surface area (Å²) in [6.07, 6.45) is -0.580. The Kier molecular flexibility index (Phi) is 11.3. The van der Waals surface area contributed by atoms with Gasteiger partial charge in [0.1, 0.15) is 17.6 Å². The van der Waals surface area contributed by atoms with Gasteiger partial charge in [-0.25, -0.2) is 27.1 Å². The summed E-state index contributed by atoms with van der Waals surface area (Å²) in [5.41, 5.74) is -0.0257. The van der Waals surface area contributed by atoms with Crippen LogP contribution in [0.2, 0.25) is 10.0 Å². The van der Waals surface area contributed by atoms with Crippen molar-refractivity contribution in [2.45, 2.75) is 42.2 Å². The average molecular weight is 622 g/mol. The molecular weight excluding hydrogens is 591 g/mol. The number of aromatic nitrogens is 2. The first-order valence-electron chi connectivity index (χ1n) is 10.7. The van der Waals surface area contributed by atoms with Gasteiger partial charge in [0.05, 0.1) is 39.9 Å². The highest BCUT2D eigenvalue weighted by molar-refractivity contribution is 7.90. The molecule has 0 amide bonds. The molecule has 18 heteroatoms. The number of hydrogen-bond acceptors (Lipinski definition) is 12. The van der Waals surface area contributed by atoms with Gasteiger partial charge in [0.2, 0.25) is 25.9 Å². The molecule has 1 saturated heterocycles. The molecule has 6 N–H and O–H groups in total. The quantitative estimate of drug-likeness (QED) is 0.325. The number of sulfonamides is 2. The van der Waals surface area contributed by atoms with Crippen LogP contribution in [0.4, 0.5) is 5.82 Å². The number of nitrogens with two attached hydrogens (primary N) is 2. The molecule has 1 aliphatic rings. The first kappa shape index (κ1) is 31.9. The number of ether oxygens (including phenoxy) is 2. The predicted molar refractivity (Wildman–Crippen MR) is 141 cm³/mol. The van der Waals surface area contributed by atoms with Gasteiger partial charge in [-0.1, -0.05) is 23.2 Å². The van der Waals surface area contributed by atoms with Crippen LogP contribution in [0.1, 0.15) is 20.8 Å². The van der Waals surface area contributed by atoms with Crippen LogP contribution in [0.5, 0.6) is 5.88 Å². The summed E-state index contributed by atoms with van der Waals surface area (Å²) in [6.45, 7) is 9.81. The number of nitrogens with one attached hydrogen (secondary N) is 1. The molecule has 0 aliphatic carbocycles. The highest BCUT2D eigenvalue weighted by atomic mass is 35.5. The molecule has 0 saturated carbocycles. The van der Waals surface area contributed by atoms with Crippen molar-refractivity contribution in [3.8, 4) is 5.88 Å². The minimum Gasteiger partial charge on any atom is -0.472 e. The Hall–Kier alpha value is -1.34. The number of β-amino-alcohol motifs (C(OH)–C–C–N with tert-alkyl or cyclic N) is 1. The lowest BCUT2D eigenvalue weighted by molar-refractivity contribution is 0.0975. The maximum Gasteiger partial charge on any atom is 0.270 e. The fourth-order valence-electron chi connectivity index (χ4n) is 2.80. The predicted octanol–water partition coefficient (Wildman–Crippen LogP) is 0.791. The van der Waals surface area contributed by atoms with Gasteiger partial charge in [-0.2, -0.15) is 4.37 Å². The van der Waals surface area contributed by atoms with E-state index in [2.05, 4.69) is 39.7 Å². The van der Waals surface area contributed by atoms with Crippen molar-refractivity contribution in [3.63, 3.8) is 0 Å². The number of primary sulfonamides is 2. The molecule has 0 bridgehead atoms. The fourth-order valence-corrected chi connectivity index (χ4v) is 5.39. The molecule has 0 radical (unpaired) electrons. The standard InChI is InChI=1S/C13H24N4O3S.C6H6Cl2N2O4S2/c1-13(2,3)14-8-10(18)9-20-12-11(15-21-16-12)17-4-6-19-7-5-17;7-4-1-3(15(9,11)12)2-5(6(4)8)16(10,13)14/h10,14,18H,4-9H2,1-3H3;1-2H,(H2,9,11,12)(H2,10,13,14)/t10-;/m0./s1. The zero-order chi connectivity index (χ0) is 28.0. The lowest BCUT2D eigenvalue weighted by Crippen LogP contribution is -2.42. The van der Waals surface area contributed by atoms with Crippen LogP contribution in [-0.4, -0.2) is 81.8 Å². The van der Waals surface area contributed by atoms with Gasteiger partial charge in [0.25, 0.3) is 5.88 Å². The number of halogens is 2. The Morgan fingerprint density at radius 3 is 2.32 bits per heavy atom. The van der Waals surface area contributed by atoms with E-state index in [4.69, 9.17) is 43.0 Å². The molecule has 1 aromatic heterocycles. The van der Waals surface area contributed by atoms with Gasteiger partial charge in [0.15, 0.2) is 0 Å². The average Bonchev–Trinajstić information content (AvgIpc) is 3.26. The second-order valence-corrected chi connectivity index (χ2v) is 13.3. The highest BCUT2D eigenvalue weighted by Gasteiger charge is 2.22. The van der Waals surface area contributed by atoms with Crippen molar-refractivity contribution in [3.05, 3.63) is 22.2 Å². The summed E-state index contributed by atoms with van der Waals surface area (Å²) in [5, 5.41) is 22.2. The third-order valence-corrected chi connectivity index (χ3v) is 7.88. The highest BCUT2D eigenvalue weighted by Crippen LogP contribution is 2.31. The third-order valence-electron chi connectivity index (χ3n) is 4.64. The van der Waals surface area contributed by atoms with Crippen molar-refractivity contribution >= 4 is 60.8 Å². The molecular formula is C19H30Cl2N6O7S3. The number of benzene rings is 1. The molecule has 1 atom stereocenters. The van der Waals surface area contributed by atoms with Crippen molar-refractivity contribution in [1.29, 1.82) is 0 Å². The van der Waals surface area contributed by atoms with Gasteiger partial charge in [-0.15, -0.1) is 4.37 Å². The summed E-state index contributed by atoms with van der Waals surface area (Å²) in [4.78, 5) is 1.03. The van der Waals surface area contributed by atoms with Crippen LogP contribution >= 0.6 is 34.9 Å². The zero-order valence-electron chi connectivity index (χ0n) is 20.3. The van der Waals surface area contributed by atoms with Gasteiger partial charge < -0.3 is 24.8 Å². The van der Waals surface area contributed by atoms with E-state index in [1.54, 1.807) is 0 Å². The molecule has 37 heavy (non-hydrogen) atoms. The van der Waals surface area contributed by atoms with E-state index in [9.17, 15) is 21.9 Å². The molecule has 2 aromatic rings. The number of anilines is 1. The Morgan fingerprint density at radius 1 is 1.16 bits per heavy atom. The third kappa shape index (κ3) is 10.4. The molecule has 0 unspecified atom stereocenters. The maximum atomic E-state index is 11.1. The molecule has 0 spiro atoms. The number of hydrogen-bond donors (Lipinski definition) is 4. The van der Waals surface area contributed by atoms with E-state index < -0.39 is 35.9 Å². The minimum atomic E-state index is -4.18. The number of nitrogens with zero attached hydrogens (tertiary/aromatic N) is 3. The molecule has 3 rings (SSSR count). The van der Waals surface area contributed by atoms with Crippen molar-refractivity contribution < 1.29 is 31.4 Å². The Morgan fingerprint density at radius 2 is 1.78 bits per heavy atom. The summed E-state index contributed by atoms with van der Waals surface area (Å²) < 4.78 is 63.6. The molecule has 1 aromatic carbocycles. The van der Waals surface area contributed by atoms with E-state index >= 15 is 0 Å². The lowest BCUT2D eigenvalue weighted by Gasteiger charge is -2.27. The van der Waals surface area contributed by atoms with Gasteiger partial charge >= 0.3 is 0 Å². The molecule has 1 aliphatic heterocycles. The maximum absolute atomic E-state index is 11.1. The van der Waals surface area contributed by atoms with Crippen LogP contribution in [-0.2, 0) is 24.8 Å². The Bertz CT molecular complexity index is 1260. The summed E-state index contributed by atoms with van der Waals surface area (Å²) in [7, 11) is -8.26. The van der Waals surface area contributed by atoms with Crippen molar-refractivity contribution in [1.82, 2.24) is 14.1 Å². The first-order valence-corrected chi connectivity index (χ1v) is 15.3. The zero-order valence-corrected chi connectivity index (χ0v) is 24.3. The van der Waals surface area contributed by atoms with E-state index in [0.717, 1.165) is 42.8 Å². The normalized spacial score (nSPS) is 15.6.